The quantitative estimate of drug-likeness (QED) is 0.842. The number of carbonyl (C=O) groups excluding carboxylic acids is 1. The molecule has 1 fully saturated rings. The first-order chi connectivity index (χ1) is 11.8. The Labute approximate surface area is 142 Å². The molecule has 2 aromatic heterocycles. The Morgan fingerprint density at radius 1 is 1.25 bits per heavy atom. The average molecular weight is 325 g/mol. The highest BCUT2D eigenvalue weighted by Crippen LogP contribution is 2.25. The summed E-state index contributed by atoms with van der Waals surface area (Å²) >= 11 is 0. The number of aromatic nitrogens is 3. The summed E-state index contributed by atoms with van der Waals surface area (Å²) in [5.41, 5.74) is 2.49. The van der Waals surface area contributed by atoms with E-state index in [0.29, 0.717) is 18.4 Å². The number of pyridine rings is 1. The second-order valence-corrected chi connectivity index (χ2v) is 6.72. The maximum Gasteiger partial charge on any atom is 0.222 e. The highest BCUT2D eigenvalue weighted by Gasteiger charge is 2.27. The van der Waals surface area contributed by atoms with Crippen LogP contribution in [-0.2, 0) is 17.9 Å². The van der Waals surface area contributed by atoms with E-state index in [1.54, 1.807) is 0 Å². The van der Waals surface area contributed by atoms with Crippen molar-refractivity contribution in [1.82, 2.24) is 24.6 Å². The molecule has 2 aliphatic heterocycles. The number of nitrogens with zero attached hydrogens (tertiary/aromatic N) is 5. The molecule has 1 atom stereocenters. The van der Waals surface area contributed by atoms with Gasteiger partial charge in [0, 0.05) is 57.7 Å². The predicted octanol–water partition coefficient (Wildman–Crippen LogP) is 1.85. The van der Waals surface area contributed by atoms with E-state index in [-0.39, 0.29) is 0 Å². The molecule has 0 saturated carbocycles. The van der Waals surface area contributed by atoms with Crippen molar-refractivity contribution in [3.05, 3.63) is 48.0 Å². The third-order valence-electron chi connectivity index (χ3n) is 4.99. The number of hydrogen-bond donors (Lipinski definition) is 0. The van der Waals surface area contributed by atoms with Crippen molar-refractivity contribution in [1.29, 1.82) is 0 Å². The minimum Gasteiger partial charge on any atom is -0.343 e. The van der Waals surface area contributed by atoms with Crippen molar-refractivity contribution < 1.29 is 4.79 Å². The summed E-state index contributed by atoms with van der Waals surface area (Å²) in [6.45, 7) is 4.53. The third kappa shape index (κ3) is 3.19. The van der Waals surface area contributed by atoms with Gasteiger partial charge in [-0.1, -0.05) is 6.07 Å². The van der Waals surface area contributed by atoms with E-state index >= 15 is 0 Å². The smallest absolute Gasteiger partial charge is 0.222 e. The largest absolute Gasteiger partial charge is 0.343 e. The number of likely N-dealkylation sites (tertiary alicyclic amines) is 1. The molecular formula is C18H23N5O. The van der Waals surface area contributed by atoms with Crippen molar-refractivity contribution in [3.8, 4) is 0 Å². The fraction of sp³-hybridized carbons (Fsp3) is 0.500. The zero-order valence-corrected chi connectivity index (χ0v) is 13.8. The Balaban J connectivity index is 1.44. The van der Waals surface area contributed by atoms with Crippen LogP contribution in [0.4, 0.5) is 0 Å². The van der Waals surface area contributed by atoms with Crippen LogP contribution in [0, 0.1) is 0 Å². The first-order valence-electron chi connectivity index (χ1n) is 8.71. The molecule has 126 valence electrons. The summed E-state index contributed by atoms with van der Waals surface area (Å²) in [4.78, 5) is 20.5. The van der Waals surface area contributed by atoms with E-state index < -0.39 is 0 Å². The molecule has 2 aliphatic rings. The molecule has 4 rings (SSSR count). The molecule has 6 nitrogen and oxygen atoms in total. The molecule has 2 aromatic rings. The van der Waals surface area contributed by atoms with Gasteiger partial charge in [-0.2, -0.15) is 5.10 Å². The molecule has 1 saturated heterocycles. The van der Waals surface area contributed by atoms with Gasteiger partial charge in [-0.3, -0.25) is 19.4 Å². The monoisotopic (exact) mass is 325 g/mol. The first kappa shape index (κ1) is 15.3. The minimum atomic E-state index is 0.304. The number of hydrogen-bond acceptors (Lipinski definition) is 4. The van der Waals surface area contributed by atoms with Crippen molar-refractivity contribution >= 4 is 5.91 Å². The highest BCUT2D eigenvalue weighted by atomic mass is 16.2. The van der Waals surface area contributed by atoms with Crippen LogP contribution in [0.3, 0.4) is 0 Å². The fourth-order valence-electron chi connectivity index (χ4n) is 3.79. The molecular weight excluding hydrogens is 302 g/mol. The maximum absolute atomic E-state index is 11.8. The van der Waals surface area contributed by atoms with Crippen LogP contribution >= 0.6 is 0 Å². The third-order valence-corrected chi connectivity index (χ3v) is 4.99. The molecule has 0 radical (unpaired) electrons. The lowest BCUT2D eigenvalue weighted by Gasteiger charge is -2.34. The van der Waals surface area contributed by atoms with Gasteiger partial charge in [0.2, 0.25) is 5.91 Å². The Kier molecular flexibility index (Phi) is 4.30. The summed E-state index contributed by atoms with van der Waals surface area (Å²) in [6.07, 6.45) is 8.31. The van der Waals surface area contributed by atoms with E-state index in [4.69, 9.17) is 0 Å². The van der Waals surface area contributed by atoms with Gasteiger partial charge in [-0.15, -0.1) is 0 Å². The first-order valence-corrected chi connectivity index (χ1v) is 8.71. The van der Waals surface area contributed by atoms with Gasteiger partial charge in [-0.25, -0.2) is 0 Å². The van der Waals surface area contributed by atoms with Gasteiger partial charge in [0.1, 0.15) is 0 Å². The number of carbonyl (C=O) groups is 1. The molecule has 0 bridgehead atoms. The molecule has 4 heterocycles. The molecule has 0 unspecified atom stereocenters. The predicted molar refractivity (Wildman–Crippen MR) is 90.0 cm³/mol. The summed E-state index contributed by atoms with van der Waals surface area (Å²) in [5.74, 6) is 0.304. The Bertz CT molecular complexity index is 698. The molecule has 6 heteroatoms. The highest BCUT2D eigenvalue weighted by molar-refractivity contribution is 5.77. The van der Waals surface area contributed by atoms with Gasteiger partial charge in [0.15, 0.2) is 0 Å². The molecule has 1 amide bonds. The molecule has 0 aromatic carbocycles. The number of rotatable bonds is 5. The zero-order chi connectivity index (χ0) is 16.4. The molecule has 0 aliphatic carbocycles. The number of amides is 1. The van der Waals surface area contributed by atoms with E-state index in [1.807, 2.05) is 29.6 Å². The van der Waals surface area contributed by atoms with E-state index in [9.17, 15) is 4.79 Å². The van der Waals surface area contributed by atoms with Crippen LogP contribution in [0.25, 0.3) is 0 Å². The standard InChI is InChI=1S/C18H23N5O/c24-18-4-2-9-22(18)10-6-17-14-21(12-15-3-1-7-19-11-15)13-16-5-8-20-23(16)17/h1,3,5,7-8,11,17H,2,4,6,9-10,12-14H2/t17-/m0/s1. The lowest BCUT2D eigenvalue weighted by Crippen LogP contribution is -2.39. The average Bonchev–Trinajstić information content (AvgIpc) is 3.22. The van der Waals surface area contributed by atoms with Crippen molar-refractivity contribution in [2.24, 2.45) is 0 Å². The topological polar surface area (TPSA) is 54.3 Å². The van der Waals surface area contributed by atoms with Crippen LogP contribution in [0.15, 0.2) is 36.8 Å². The van der Waals surface area contributed by atoms with Crippen molar-refractivity contribution in [3.63, 3.8) is 0 Å². The van der Waals surface area contributed by atoms with Crippen molar-refractivity contribution in [2.45, 2.75) is 38.4 Å². The van der Waals surface area contributed by atoms with Crippen LogP contribution in [0.1, 0.15) is 36.6 Å². The van der Waals surface area contributed by atoms with E-state index in [1.165, 1.54) is 11.3 Å². The Morgan fingerprint density at radius 3 is 3.00 bits per heavy atom. The van der Waals surface area contributed by atoms with Gasteiger partial charge in [0.05, 0.1) is 11.7 Å². The van der Waals surface area contributed by atoms with Crippen LogP contribution in [0.2, 0.25) is 0 Å². The van der Waals surface area contributed by atoms with Crippen molar-refractivity contribution in [2.75, 3.05) is 19.6 Å². The minimum absolute atomic E-state index is 0.304. The number of fused-ring (bicyclic) bond motifs is 1. The fourth-order valence-corrected chi connectivity index (χ4v) is 3.79. The van der Waals surface area contributed by atoms with Gasteiger partial charge in [0.25, 0.3) is 0 Å². The second kappa shape index (κ2) is 6.73. The lowest BCUT2D eigenvalue weighted by atomic mass is 10.1. The van der Waals surface area contributed by atoms with Crippen LogP contribution in [0.5, 0.6) is 0 Å². The van der Waals surface area contributed by atoms with Gasteiger partial charge >= 0.3 is 0 Å². The van der Waals surface area contributed by atoms with Crippen LogP contribution in [-0.4, -0.2) is 50.1 Å². The van der Waals surface area contributed by atoms with Gasteiger partial charge in [-0.05, 0) is 30.5 Å². The van der Waals surface area contributed by atoms with E-state index in [2.05, 4.69) is 31.8 Å². The summed E-state index contributed by atoms with van der Waals surface area (Å²) in [7, 11) is 0. The van der Waals surface area contributed by atoms with E-state index in [0.717, 1.165) is 45.6 Å². The summed E-state index contributed by atoms with van der Waals surface area (Å²) in [5, 5.41) is 4.52. The zero-order valence-electron chi connectivity index (χ0n) is 13.8. The Hall–Kier alpha value is -2.21. The molecule has 24 heavy (non-hydrogen) atoms. The van der Waals surface area contributed by atoms with Gasteiger partial charge < -0.3 is 4.90 Å². The summed E-state index contributed by atoms with van der Waals surface area (Å²) in [6, 6.07) is 6.54. The summed E-state index contributed by atoms with van der Waals surface area (Å²) < 4.78 is 2.15. The Morgan fingerprint density at radius 2 is 2.21 bits per heavy atom. The maximum atomic E-state index is 11.8. The van der Waals surface area contributed by atoms with Crippen LogP contribution < -0.4 is 0 Å². The lowest BCUT2D eigenvalue weighted by molar-refractivity contribution is -0.127. The molecule has 0 spiro atoms. The SMILES string of the molecule is O=C1CCCN1CC[C@H]1CN(Cc2cccnc2)Cc2ccnn21. The second-order valence-electron chi connectivity index (χ2n) is 6.72. The normalized spacial score (nSPS) is 21.2. The molecule has 0 N–H and O–H groups in total.